The van der Waals surface area contributed by atoms with Gasteiger partial charge < -0.3 is 15.6 Å². The summed E-state index contributed by atoms with van der Waals surface area (Å²) in [6.07, 6.45) is 1.50. The zero-order valence-electron chi connectivity index (χ0n) is 10.2. The van der Waals surface area contributed by atoms with Crippen LogP contribution < -0.4 is 10.5 Å². The topological polar surface area (TPSA) is 68.4 Å². The molecule has 1 heterocycles. The van der Waals surface area contributed by atoms with Crippen LogP contribution in [-0.2, 0) is 6.42 Å². The van der Waals surface area contributed by atoms with Crippen molar-refractivity contribution in [2.24, 2.45) is 0 Å². The molecule has 94 valence electrons. The van der Waals surface area contributed by atoms with Gasteiger partial charge in [-0.05, 0) is 23.8 Å². The number of aliphatic hydroxyl groups is 1. The van der Waals surface area contributed by atoms with E-state index in [1.165, 1.54) is 0 Å². The second kappa shape index (κ2) is 5.51. The first-order valence-electron chi connectivity index (χ1n) is 5.72. The molecule has 1 aromatic heterocycles. The molecule has 2 rings (SSSR count). The number of para-hydroxylation sites is 1. The number of hydrogen-bond donors (Lipinski definition) is 2. The molecule has 1 unspecified atom stereocenters. The van der Waals surface area contributed by atoms with Gasteiger partial charge in [-0.15, -0.1) is 0 Å². The minimum Gasteiger partial charge on any atom is -0.496 e. The summed E-state index contributed by atoms with van der Waals surface area (Å²) in [4.78, 5) is 3.93. The zero-order chi connectivity index (χ0) is 13.0. The highest BCUT2D eigenvalue weighted by Crippen LogP contribution is 2.27. The van der Waals surface area contributed by atoms with Crippen molar-refractivity contribution < 1.29 is 9.84 Å². The Kier molecular flexibility index (Phi) is 3.79. The van der Waals surface area contributed by atoms with Gasteiger partial charge in [-0.1, -0.05) is 18.2 Å². The number of ether oxygens (including phenoxy) is 1. The third-order valence-corrected chi connectivity index (χ3v) is 2.77. The smallest absolute Gasteiger partial charge is 0.124 e. The predicted molar refractivity (Wildman–Crippen MR) is 70.3 cm³/mol. The van der Waals surface area contributed by atoms with Crippen molar-refractivity contribution in [3.63, 3.8) is 0 Å². The second-order valence-electron chi connectivity index (χ2n) is 4.05. The highest BCUT2D eigenvalue weighted by molar-refractivity contribution is 5.37. The van der Waals surface area contributed by atoms with Crippen LogP contribution in [0.1, 0.15) is 17.2 Å². The molecule has 4 heteroatoms. The van der Waals surface area contributed by atoms with E-state index in [0.29, 0.717) is 18.0 Å². The number of rotatable bonds is 4. The Bertz CT molecular complexity index is 529. The van der Waals surface area contributed by atoms with Gasteiger partial charge in [-0.2, -0.15) is 0 Å². The van der Waals surface area contributed by atoms with Gasteiger partial charge in [-0.25, -0.2) is 4.98 Å². The molecule has 0 amide bonds. The summed E-state index contributed by atoms with van der Waals surface area (Å²) in [6, 6.07) is 11.0. The van der Waals surface area contributed by atoms with Crippen LogP contribution in [-0.4, -0.2) is 17.2 Å². The molecule has 1 aromatic carbocycles. The molecule has 0 saturated heterocycles. The number of aliphatic hydroxyl groups excluding tert-OH is 1. The predicted octanol–water partition coefficient (Wildman–Crippen LogP) is 1.95. The lowest BCUT2D eigenvalue weighted by atomic mass is 10.0. The maximum Gasteiger partial charge on any atom is 0.124 e. The monoisotopic (exact) mass is 244 g/mol. The molecule has 0 fully saturated rings. The highest BCUT2D eigenvalue weighted by atomic mass is 16.5. The minimum absolute atomic E-state index is 0.458. The van der Waals surface area contributed by atoms with Crippen molar-refractivity contribution in [1.82, 2.24) is 4.98 Å². The fraction of sp³-hybridized carbons (Fsp3) is 0.214. The Hall–Kier alpha value is -2.07. The summed E-state index contributed by atoms with van der Waals surface area (Å²) in [6.45, 7) is 0. The third-order valence-electron chi connectivity index (χ3n) is 2.77. The van der Waals surface area contributed by atoms with Gasteiger partial charge in [0.15, 0.2) is 0 Å². The number of nitrogens with two attached hydrogens (primary N) is 1. The molecular formula is C14H16N2O2. The second-order valence-corrected chi connectivity index (χ2v) is 4.05. The van der Waals surface area contributed by atoms with Crippen LogP contribution in [0.4, 0.5) is 5.82 Å². The van der Waals surface area contributed by atoms with Crippen LogP contribution in [0.3, 0.4) is 0 Å². The fourth-order valence-electron chi connectivity index (χ4n) is 1.90. The first kappa shape index (κ1) is 12.4. The number of anilines is 1. The number of hydrogen-bond acceptors (Lipinski definition) is 4. The number of methoxy groups -OCH3 is 1. The maximum absolute atomic E-state index is 10.2. The lowest BCUT2D eigenvalue weighted by Gasteiger charge is -2.14. The molecule has 0 radical (unpaired) electrons. The Morgan fingerprint density at radius 2 is 2.11 bits per heavy atom. The molecule has 0 aliphatic carbocycles. The molecular weight excluding hydrogens is 228 g/mol. The molecule has 3 N–H and O–H groups in total. The van der Waals surface area contributed by atoms with E-state index in [-0.39, 0.29) is 0 Å². The van der Waals surface area contributed by atoms with E-state index in [9.17, 15) is 5.11 Å². The van der Waals surface area contributed by atoms with Crippen LogP contribution in [0.5, 0.6) is 5.75 Å². The summed E-state index contributed by atoms with van der Waals surface area (Å²) in [5, 5.41) is 10.2. The molecule has 0 spiro atoms. The van der Waals surface area contributed by atoms with Crippen LogP contribution in [0.15, 0.2) is 42.6 Å². The number of nitrogen functional groups attached to an aromatic ring is 1. The number of pyridine rings is 1. The van der Waals surface area contributed by atoms with E-state index in [1.54, 1.807) is 19.4 Å². The SMILES string of the molecule is COc1ccccc1C(O)Cc1ccnc(N)c1. The van der Waals surface area contributed by atoms with Gasteiger partial charge in [0.1, 0.15) is 11.6 Å². The van der Waals surface area contributed by atoms with Gasteiger partial charge >= 0.3 is 0 Å². The summed E-state index contributed by atoms with van der Waals surface area (Å²) in [7, 11) is 1.59. The van der Waals surface area contributed by atoms with Crippen molar-refractivity contribution >= 4 is 5.82 Å². The van der Waals surface area contributed by atoms with E-state index in [2.05, 4.69) is 4.98 Å². The quantitative estimate of drug-likeness (QED) is 0.862. The average Bonchev–Trinajstić information content (AvgIpc) is 2.38. The van der Waals surface area contributed by atoms with E-state index in [4.69, 9.17) is 10.5 Å². The van der Waals surface area contributed by atoms with Gasteiger partial charge in [0.05, 0.1) is 13.2 Å². The van der Waals surface area contributed by atoms with Gasteiger partial charge in [0, 0.05) is 18.2 Å². The van der Waals surface area contributed by atoms with Crippen molar-refractivity contribution in [3.8, 4) is 5.75 Å². The molecule has 4 nitrogen and oxygen atoms in total. The average molecular weight is 244 g/mol. The van der Waals surface area contributed by atoms with Gasteiger partial charge in [0.25, 0.3) is 0 Å². The standard InChI is InChI=1S/C14H16N2O2/c1-18-13-5-3-2-4-11(13)12(17)8-10-6-7-16-14(15)9-10/h2-7,9,12,17H,8H2,1H3,(H2,15,16). The normalized spacial score (nSPS) is 12.1. The fourth-order valence-corrected chi connectivity index (χ4v) is 1.90. The van der Waals surface area contributed by atoms with Crippen molar-refractivity contribution in [2.45, 2.75) is 12.5 Å². The Balaban J connectivity index is 2.19. The number of aromatic nitrogens is 1. The van der Waals surface area contributed by atoms with E-state index in [1.807, 2.05) is 30.3 Å². The molecule has 18 heavy (non-hydrogen) atoms. The first-order valence-corrected chi connectivity index (χ1v) is 5.72. The highest BCUT2D eigenvalue weighted by Gasteiger charge is 2.13. The van der Waals surface area contributed by atoms with E-state index >= 15 is 0 Å². The molecule has 0 aliphatic heterocycles. The van der Waals surface area contributed by atoms with E-state index in [0.717, 1.165) is 11.1 Å². The molecule has 2 aromatic rings. The van der Waals surface area contributed by atoms with Gasteiger partial charge in [0.2, 0.25) is 0 Å². The van der Waals surface area contributed by atoms with Crippen molar-refractivity contribution in [3.05, 3.63) is 53.7 Å². The third kappa shape index (κ3) is 2.78. The number of nitrogens with zero attached hydrogens (tertiary/aromatic N) is 1. The maximum atomic E-state index is 10.2. The zero-order valence-corrected chi connectivity index (χ0v) is 10.2. The van der Waals surface area contributed by atoms with Crippen LogP contribution in [0.25, 0.3) is 0 Å². The minimum atomic E-state index is -0.622. The summed E-state index contributed by atoms with van der Waals surface area (Å²) >= 11 is 0. The van der Waals surface area contributed by atoms with Crippen LogP contribution in [0.2, 0.25) is 0 Å². The summed E-state index contributed by atoms with van der Waals surface area (Å²) in [5.41, 5.74) is 7.33. The molecule has 0 aliphatic rings. The Morgan fingerprint density at radius 3 is 2.83 bits per heavy atom. The van der Waals surface area contributed by atoms with Gasteiger partial charge in [-0.3, -0.25) is 0 Å². The van der Waals surface area contributed by atoms with Crippen LogP contribution >= 0.6 is 0 Å². The van der Waals surface area contributed by atoms with Crippen molar-refractivity contribution in [1.29, 1.82) is 0 Å². The van der Waals surface area contributed by atoms with Crippen molar-refractivity contribution in [2.75, 3.05) is 12.8 Å². The van der Waals surface area contributed by atoms with E-state index < -0.39 is 6.10 Å². The number of benzene rings is 1. The Morgan fingerprint density at radius 1 is 1.33 bits per heavy atom. The molecule has 0 bridgehead atoms. The molecule has 0 saturated carbocycles. The summed E-state index contributed by atoms with van der Waals surface area (Å²) in [5.74, 6) is 1.15. The Labute approximate surface area is 106 Å². The lowest BCUT2D eigenvalue weighted by Crippen LogP contribution is -2.04. The van der Waals surface area contributed by atoms with Crippen LogP contribution in [0, 0.1) is 0 Å². The largest absolute Gasteiger partial charge is 0.496 e. The molecule has 1 atom stereocenters. The summed E-state index contributed by atoms with van der Waals surface area (Å²) < 4.78 is 5.23. The lowest BCUT2D eigenvalue weighted by molar-refractivity contribution is 0.174. The first-order chi connectivity index (χ1) is 8.70.